The predicted molar refractivity (Wildman–Crippen MR) is 54.1 cm³/mol. The normalized spacial score (nSPS) is 10.7. The molecule has 2 rings (SSSR count). The fraction of sp³-hybridized carbons (Fsp3) is 0.400. The number of aromatic nitrogens is 4. The molecule has 2 aromatic heterocycles. The van der Waals surface area contributed by atoms with Crippen molar-refractivity contribution in [3.63, 3.8) is 0 Å². The molecular formula is C10H14N4. The molecule has 2 N–H and O–H groups in total. The number of hydrogen-bond acceptors (Lipinski definition) is 2. The summed E-state index contributed by atoms with van der Waals surface area (Å²) in [6.07, 6.45) is 1.88. The summed E-state index contributed by atoms with van der Waals surface area (Å²) in [6.45, 7) is 4.02. The summed E-state index contributed by atoms with van der Waals surface area (Å²) in [5.74, 6) is 0. The summed E-state index contributed by atoms with van der Waals surface area (Å²) >= 11 is 0. The van der Waals surface area contributed by atoms with Crippen LogP contribution in [0.4, 0.5) is 0 Å². The van der Waals surface area contributed by atoms with Crippen LogP contribution < -0.4 is 0 Å². The fourth-order valence-corrected chi connectivity index (χ4v) is 1.46. The van der Waals surface area contributed by atoms with Crippen LogP contribution >= 0.6 is 0 Å². The molecule has 0 unspecified atom stereocenters. The molecule has 0 saturated carbocycles. The van der Waals surface area contributed by atoms with Crippen LogP contribution in [-0.2, 0) is 12.8 Å². The Morgan fingerprint density at radius 1 is 0.929 bits per heavy atom. The molecule has 0 aromatic carbocycles. The van der Waals surface area contributed by atoms with Crippen molar-refractivity contribution in [1.29, 1.82) is 0 Å². The minimum atomic E-state index is 0.939. The fourth-order valence-electron chi connectivity index (χ4n) is 1.46. The second-order valence-electron chi connectivity index (χ2n) is 3.58. The Morgan fingerprint density at radius 3 is 1.64 bits per heavy atom. The van der Waals surface area contributed by atoms with E-state index in [-0.39, 0.29) is 0 Å². The van der Waals surface area contributed by atoms with Crippen molar-refractivity contribution >= 4 is 0 Å². The third kappa shape index (κ3) is 2.02. The van der Waals surface area contributed by atoms with E-state index >= 15 is 0 Å². The van der Waals surface area contributed by atoms with Gasteiger partial charge in [-0.15, -0.1) is 0 Å². The first kappa shape index (κ1) is 8.99. The first-order chi connectivity index (χ1) is 6.74. The summed E-state index contributed by atoms with van der Waals surface area (Å²) in [4.78, 5) is 0. The SMILES string of the molecule is Cc1cc(CCc2cc(C)[nH]n2)n[nH]1. The molecule has 0 spiro atoms. The van der Waals surface area contributed by atoms with Crippen LogP contribution in [0.1, 0.15) is 22.8 Å². The van der Waals surface area contributed by atoms with Crippen LogP contribution in [0, 0.1) is 13.8 Å². The van der Waals surface area contributed by atoms with Gasteiger partial charge >= 0.3 is 0 Å². The molecule has 4 heteroatoms. The first-order valence-electron chi connectivity index (χ1n) is 4.76. The lowest BCUT2D eigenvalue weighted by Gasteiger charge is -1.91. The van der Waals surface area contributed by atoms with Crippen LogP contribution in [0.15, 0.2) is 12.1 Å². The maximum atomic E-state index is 4.17. The zero-order chi connectivity index (χ0) is 9.97. The van der Waals surface area contributed by atoms with E-state index in [1.165, 1.54) is 0 Å². The average Bonchev–Trinajstić information content (AvgIpc) is 2.72. The minimum Gasteiger partial charge on any atom is -0.283 e. The standard InChI is InChI=1S/C10H14N4/c1-7-5-9(13-11-7)3-4-10-6-8(2)12-14-10/h5-6H,3-4H2,1-2H3,(H,11,13)(H,12,14). The van der Waals surface area contributed by atoms with Crippen molar-refractivity contribution in [2.75, 3.05) is 0 Å². The van der Waals surface area contributed by atoms with Gasteiger partial charge in [0.1, 0.15) is 0 Å². The zero-order valence-corrected chi connectivity index (χ0v) is 8.46. The van der Waals surface area contributed by atoms with E-state index in [0.29, 0.717) is 0 Å². The van der Waals surface area contributed by atoms with Gasteiger partial charge in [-0.1, -0.05) is 0 Å². The van der Waals surface area contributed by atoms with E-state index < -0.39 is 0 Å². The van der Waals surface area contributed by atoms with Crippen molar-refractivity contribution in [3.8, 4) is 0 Å². The Labute approximate surface area is 82.7 Å². The van der Waals surface area contributed by atoms with E-state index in [9.17, 15) is 0 Å². The summed E-state index contributed by atoms with van der Waals surface area (Å²) in [7, 11) is 0. The molecule has 0 atom stereocenters. The van der Waals surface area contributed by atoms with Gasteiger partial charge < -0.3 is 0 Å². The van der Waals surface area contributed by atoms with Gasteiger partial charge in [0.15, 0.2) is 0 Å². The molecule has 0 fully saturated rings. The Balaban J connectivity index is 1.94. The van der Waals surface area contributed by atoms with Gasteiger partial charge in [0, 0.05) is 11.4 Å². The van der Waals surface area contributed by atoms with Gasteiger partial charge in [0.2, 0.25) is 0 Å². The zero-order valence-electron chi connectivity index (χ0n) is 8.46. The quantitative estimate of drug-likeness (QED) is 0.771. The molecule has 0 aliphatic carbocycles. The van der Waals surface area contributed by atoms with E-state index in [2.05, 4.69) is 32.5 Å². The van der Waals surface area contributed by atoms with Crippen molar-refractivity contribution in [2.24, 2.45) is 0 Å². The summed E-state index contributed by atoms with van der Waals surface area (Å²) < 4.78 is 0. The number of aromatic amines is 2. The van der Waals surface area contributed by atoms with Crippen LogP contribution in [0.5, 0.6) is 0 Å². The molecular weight excluding hydrogens is 176 g/mol. The molecule has 0 aliphatic rings. The van der Waals surface area contributed by atoms with Crippen LogP contribution in [-0.4, -0.2) is 20.4 Å². The predicted octanol–water partition coefficient (Wildman–Crippen LogP) is 1.53. The molecule has 0 aliphatic heterocycles. The minimum absolute atomic E-state index is 0.939. The Bertz CT molecular complexity index is 373. The number of nitrogens with one attached hydrogen (secondary N) is 2. The molecule has 14 heavy (non-hydrogen) atoms. The molecule has 4 nitrogen and oxygen atoms in total. The lowest BCUT2D eigenvalue weighted by atomic mass is 10.2. The van der Waals surface area contributed by atoms with Gasteiger partial charge in [-0.2, -0.15) is 10.2 Å². The van der Waals surface area contributed by atoms with Gasteiger partial charge in [-0.25, -0.2) is 0 Å². The molecule has 2 aromatic rings. The summed E-state index contributed by atoms with van der Waals surface area (Å²) in [6, 6.07) is 4.14. The van der Waals surface area contributed by atoms with Crippen molar-refractivity contribution in [1.82, 2.24) is 20.4 Å². The number of H-pyrrole nitrogens is 2. The summed E-state index contributed by atoms with van der Waals surface area (Å²) in [5.41, 5.74) is 4.42. The lowest BCUT2D eigenvalue weighted by molar-refractivity contribution is 0.852. The molecule has 0 radical (unpaired) electrons. The molecule has 74 valence electrons. The third-order valence-corrected chi connectivity index (χ3v) is 2.16. The average molecular weight is 190 g/mol. The monoisotopic (exact) mass is 190 g/mol. The molecule has 0 bridgehead atoms. The second-order valence-corrected chi connectivity index (χ2v) is 3.58. The Kier molecular flexibility index (Phi) is 2.35. The number of nitrogens with zero attached hydrogens (tertiary/aromatic N) is 2. The first-order valence-corrected chi connectivity index (χ1v) is 4.76. The van der Waals surface area contributed by atoms with Crippen LogP contribution in [0.3, 0.4) is 0 Å². The van der Waals surface area contributed by atoms with Gasteiger partial charge in [-0.3, -0.25) is 10.2 Å². The highest BCUT2D eigenvalue weighted by Crippen LogP contribution is 2.05. The Hall–Kier alpha value is -1.58. The van der Waals surface area contributed by atoms with E-state index in [1.807, 2.05) is 13.8 Å². The second kappa shape index (κ2) is 3.65. The maximum absolute atomic E-state index is 4.17. The maximum Gasteiger partial charge on any atom is 0.0628 e. The van der Waals surface area contributed by atoms with Gasteiger partial charge in [0.05, 0.1) is 11.4 Å². The number of hydrogen-bond donors (Lipinski definition) is 2. The van der Waals surface area contributed by atoms with Gasteiger partial charge in [-0.05, 0) is 38.8 Å². The molecule has 0 saturated heterocycles. The summed E-state index contributed by atoms with van der Waals surface area (Å²) in [5, 5.41) is 14.2. The highest BCUT2D eigenvalue weighted by molar-refractivity contribution is 5.11. The van der Waals surface area contributed by atoms with Crippen LogP contribution in [0.2, 0.25) is 0 Å². The van der Waals surface area contributed by atoms with Crippen LogP contribution in [0.25, 0.3) is 0 Å². The van der Waals surface area contributed by atoms with Crippen molar-refractivity contribution in [2.45, 2.75) is 26.7 Å². The van der Waals surface area contributed by atoms with E-state index in [1.54, 1.807) is 0 Å². The molecule has 2 heterocycles. The molecule has 0 amide bonds. The smallest absolute Gasteiger partial charge is 0.0628 e. The largest absolute Gasteiger partial charge is 0.283 e. The lowest BCUT2D eigenvalue weighted by Crippen LogP contribution is -1.91. The van der Waals surface area contributed by atoms with Crippen molar-refractivity contribution < 1.29 is 0 Å². The van der Waals surface area contributed by atoms with E-state index in [4.69, 9.17) is 0 Å². The third-order valence-electron chi connectivity index (χ3n) is 2.16. The topological polar surface area (TPSA) is 57.4 Å². The number of rotatable bonds is 3. The van der Waals surface area contributed by atoms with E-state index in [0.717, 1.165) is 35.6 Å². The number of aryl methyl sites for hydroxylation is 4. The Morgan fingerprint density at radius 2 is 1.36 bits per heavy atom. The van der Waals surface area contributed by atoms with Crippen molar-refractivity contribution in [3.05, 3.63) is 34.9 Å². The van der Waals surface area contributed by atoms with Gasteiger partial charge in [0.25, 0.3) is 0 Å². The highest BCUT2D eigenvalue weighted by Gasteiger charge is 2.01. The highest BCUT2D eigenvalue weighted by atomic mass is 15.1.